The Morgan fingerprint density at radius 3 is 2.68 bits per heavy atom. The standard InChI is InChI=1S/C20H18Cl2FN5O2S/c1-28-17(8-9-24-19(30)13-4-2-3-5-15(13)23)26-27-20(28)31-11-18(29)25-16-7-6-12(21)10-14(16)22/h2-7,10H,8-9,11H2,1H3,(H,24,30)(H,25,29). The van der Waals surface area contributed by atoms with Crippen LogP contribution in [0.15, 0.2) is 47.6 Å². The van der Waals surface area contributed by atoms with Gasteiger partial charge in [0.15, 0.2) is 5.16 Å². The van der Waals surface area contributed by atoms with E-state index in [-0.39, 0.29) is 23.8 Å². The number of carbonyl (C=O) groups excluding carboxylic acids is 2. The summed E-state index contributed by atoms with van der Waals surface area (Å²) in [7, 11) is 1.77. The molecule has 0 saturated carbocycles. The van der Waals surface area contributed by atoms with E-state index in [4.69, 9.17) is 23.2 Å². The van der Waals surface area contributed by atoms with Gasteiger partial charge in [-0.3, -0.25) is 9.59 Å². The molecule has 3 aromatic rings. The topological polar surface area (TPSA) is 88.9 Å². The van der Waals surface area contributed by atoms with Crippen molar-refractivity contribution in [2.24, 2.45) is 7.05 Å². The molecule has 0 aliphatic rings. The number of rotatable bonds is 8. The van der Waals surface area contributed by atoms with Crippen molar-refractivity contribution in [2.75, 3.05) is 17.6 Å². The van der Waals surface area contributed by atoms with Crippen LogP contribution in [0, 0.1) is 5.82 Å². The van der Waals surface area contributed by atoms with Gasteiger partial charge in [-0.2, -0.15) is 0 Å². The number of benzene rings is 2. The number of carbonyl (C=O) groups is 2. The molecule has 2 aromatic carbocycles. The first-order valence-corrected chi connectivity index (χ1v) is 10.9. The first kappa shape index (κ1) is 23.1. The third-order valence-corrected chi connectivity index (χ3v) is 5.78. The van der Waals surface area contributed by atoms with Gasteiger partial charge in [-0.1, -0.05) is 47.1 Å². The van der Waals surface area contributed by atoms with Gasteiger partial charge in [0.2, 0.25) is 5.91 Å². The summed E-state index contributed by atoms with van der Waals surface area (Å²) in [6.45, 7) is 0.263. The molecule has 0 fully saturated rings. The second-order valence-corrected chi connectivity index (χ2v) is 8.19. The van der Waals surface area contributed by atoms with Crippen LogP contribution in [0.3, 0.4) is 0 Å². The average molecular weight is 482 g/mol. The quantitative estimate of drug-likeness (QED) is 0.475. The van der Waals surface area contributed by atoms with Crippen LogP contribution < -0.4 is 10.6 Å². The van der Waals surface area contributed by atoms with Crippen LogP contribution in [-0.2, 0) is 18.3 Å². The third-order valence-electron chi connectivity index (χ3n) is 4.22. The fraction of sp³-hybridized carbons (Fsp3) is 0.200. The van der Waals surface area contributed by atoms with Crippen molar-refractivity contribution in [1.82, 2.24) is 20.1 Å². The van der Waals surface area contributed by atoms with Gasteiger partial charge in [-0.05, 0) is 30.3 Å². The van der Waals surface area contributed by atoms with Crippen molar-refractivity contribution in [3.8, 4) is 0 Å². The van der Waals surface area contributed by atoms with Gasteiger partial charge < -0.3 is 15.2 Å². The Bertz CT molecular complexity index is 1110. The van der Waals surface area contributed by atoms with Crippen LogP contribution in [0.1, 0.15) is 16.2 Å². The fourth-order valence-corrected chi connectivity index (χ4v) is 3.81. The van der Waals surface area contributed by atoms with Crippen molar-refractivity contribution in [1.29, 1.82) is 0 Å². The molecule has 0 unspecified atom stereocenters. The normalized spacial score (nSPS) is 10.7. The Kier molecular flexibility index (Phi) is 7.89. The molecule has 0 radical (unpaired) electrons. The van der Waals surface area contributed by atoms with Crippen LogP contribution in [0.25, 0.3) is 0 Å². The summed E-state index contributed by atoms with van der Waals surface area (Å²) < 4.78 is 15.4. The lowest BCUT2D eigenvalue weighted by Crippen LogP contribution is -2.27. The summed E-state index contributed by atoms with van der Waals surface area (Å²) in [6, 6.07) is 10.6. The maximum atomic E-state index is 13.6. The molecule has 1 aromatic heterocycles. The molecule has 2 N–H and O–H groups in total. The van der Waals surface area contributed by atoms with Crippen molar-refractivity contribution in [3.63, 3.8) is 0 Å². The van der Waals surface area contributed by atoms with E-state index in [1.807, 2.05) is 0 Å². The number of aromatic nitrogens is 3. The van der Waals surface area contributed by atoms with Crippen molar-refractivity contribution >= 4 is 52.5 Å². The van der Waals surface area contributed by atoms with E-state index in [0.717, 1.165) is 0 Å². The lowest BCUT2D eigenvalue weighted by Gasteiger charge is -2.08. The molecule has 0 bridgehead atoms. The van der Waals surface area contributed by atoms with Gasteiger partial charge >= 0.3 is 0 Å². The maximum Gasteiger partial charge on any atom is 0.254 e. The first-order valence-electron chi connectivity index (χ1n) is 9.14. The summed E-state index contributed by atoms with van der Waals surface area (Å²) in [6.07, 6.45) is 0.400. The minimum absolute atomic E-state index is 0.0106. The van der Waals surface area contributed by atoms with Gasteiger partial charge in [0.1, 0.15) is 11.6 Å². The monoisotopic (exact) mass is 481 g/mol. The van der Waals surface area contributed by atoms with E-state index < -0.39 is 11.7 Å². The molecule has 7 nitrogen and oxygen atoms in total. The van der Waals surface area contributed by atoms with Crippen LogP contribution in [-0.4, -0.2) is 38.9 Å². The van der Waals surface area contributed by atoms with Crippen LogP contribution >= 0.6 is 35.0 Å². The molecule has 11 heteroatoms. The van der Waals surface area contributed by atoms with Crippen molar-refractivity contribution in [3.05, 3.63) is 69.7 Å². The van der Waals surface area contributed by atoms with Gasteiger partial charge in [0.05, 0.1) is 22.0 Å². The Morgan fingerprint density at radius 1 is 1.16 bits per heavy atom. The molecule has 2 amide bonds. The second-order valence-electron chi connectivity index (χ2n) is 6.40. The summed E-state index contributed by atoms with van der Waals surface area (Å²) in [5.74, 6) is -0.592. The van der Waals surface area contributed by atoms with Crippen molar-refractivity contribution in [2.45, 2.75) is 11.6 Å². The largest absolute Gasteiger partial charge is 0.351 e. The lowest BCUT2D eigenvalue weighted by molar-refractivity contribution is -0.113. The molecule has 3 rings (SSSR count). The number of anilines is 1. The maximum absolute atomic E-state index is 13.6. The van der Waals surface area contributed by atoms with E-state index in [2.05, 4.69) is 20.8 Å². The smallest absolute Gasteiger partial charge is 0.254 e. The molecule has 0 saturated heterocycles. The fourth-order valence-electron chi connectivity index (χ4n) is 2.62. The first-order chi connectivity index (χ1) is 14.8. The number of thioether (sulfide) groups is 1. The molecule has 1 heterocycles. The number of hydrogen-bond donors (Lipinski definition) is 2. The predicted molar refractivity (Wildman–Crippen MR) is 119 cm³/mol. The highest BCUT2D eigenvalue weighted by atomic mass is 35.5. The molecule has 31 heavy (non-hydrogen) atoms. The molecule has 0 spiro atoms. The van der Waals surface area contributed by atoms with E-state index in [0.29, 0.717) is 33.1 Å². The van der Waals surface area contributed by atoms with Crippen LogP contribution in [0.2, 0.25) is 10.0 Å². The number of halogens is 3. The van der Waals surface area contributed by atoms with Gasteiger partial charge in [-0.15, -0.1) is 10.2 Å². The molecular formula is C20H18Cl2FN5O2S. The van der Waals surface area contributed by atoms with Gasteiger partial charge in [-0.25, -0.2) is 4.39 Å². The second kappa shape index (κ2) is 10.6. The van der Waals surface area contributed by atoms with Gasteiger partial charge in [0, 0.05) is 25.0 Å². The number of hydrogen-bond acceptors (Lipinski definition) is 5. The Labute approximate surface area is 192 Å². The predicted octanol–water partition coefficient (Wildman–Crippen LogP) is 3.96. The molecule has 162 valence electrons. The number of nitrogens with zero attached hydrogens (tertiary/aromatic N) is 3. The summed E-state index contributed by atoms with van der Waals surface area (Å²) in [5, 5.41) is 14.9. The number of amides is 2. The minimum atomic E-state index is -0.574. The highest BCUT2D eigenvalue weighted by Gasteiger charge is 2.14. The molecular weight excluding hydrogens is 464 g/mol. The Balaban J connectivity index is 1.49. The average Bonchev–Trinajstić information content (AvgIpc) is 3.08. The number of nitrogens with one attached hydrogen (secondary N) is 2. The zero-order valence-corrected chi connectivity index (χ0v) is 18.7. The van der Waals surface area contributed by atoms with E-state index in [1.165, 1.54) is 30.0 Å². The highest BCUT2D eigenvalue weighted by Crippen LogP contribution is 2.26. The van der Waals surface area contributed by atoms with Gasteiger partial charge in [0.25, 0.3) is 5.91 Å². The van der Waals surface area contributed by atoms with E-state index in [1.54, 1.807) is 35.9 Å². The minimum Gasteiger partial charge on any atom is -0.351 e. The molecule has 0 aliphatic carbocycles. The molecule has 0 atom stereocenters. The van der Waals surface area contributed by atoms with E-state index in [9.17, 15) is 14.0 Å². The molecule has 0 aliphatic heterocycles. The Morgan fingerprint density at radius 2 is 1.94 bits per heavy atom. The van der Waals surface area contributed by atoms with Crippen molar-refractivity contribution < 1.29 is 14.0 Å². The Hall–Kier alpha value is -2.62. The SMILES string of the molecule is Cn1c(CCNC(=O)c2ccccc2F)nnc1SCC(=O)Nc1ccc(Cl)cc1Cl. The summed E-state index contributed by atoms with van der Waals surface area (Å²) >= 11 is 13.1. The van der Waals surface area contributed by atoms with Crippen LogP contribution in [0.5, 0.6) is 0 Å². The zero-order chi connectivity index (χ0) is 22.4. The highest BCUT2D eigenvalue weighted by molar-refractivity contribution is 7.99. The third kappa shape index (κ3) is 6.19. The van der Waals surface area contributed by atoms with Crippen LogP contribution in [0.4, 0.5) is 10.1 Å². The summed E-state index contributed by atoms with van der Waals surface area (Å²) in [5.41, 5.74) is 0.462. The summed E-state index contributed by atoms with van der Waals surface area (Å²) in [4.78, 5) is 24.2. The van der Waals surface area contributed by atoms with E-state index >= 15 is 0 Å². The lowest BCUT2D eigenvalue weighted by atomic mass is 10.2. The zero-order valence-electron chi connectivity index (χ0n) is 16.4.